The highest BCUT2D eigenvalue weighted by Crippen LogP contribution is 2.47. The summed E-state index contributed by atoms with van der Waals surface area (Å²) >= 11 is 1.91. The Hall–Kier alpha value is -2.71. The summed E-state index contributed by atoms with van der Waals surface area (Å²) in [5.41, 5.74) is 18.8. The van der Waals surface area contributed by atoms with Crippen molar-refractivity contribution in [3.63, 3.8) is 0 Å². The first-order valence-corrected chi connectivity index (χ1v) is 13.1. The molecule has 0 atom stereocenters. The molecule has 0 unspecified atom stereocenters. The van der Waals surface area contributed by atoms with Crippen LogP contribution in [-0.2, 0) is 17.6 Å². The molecule has 0 radical (unpaired) electrons. The van der Waals surface area contributed by atoms with E-state index in [1.165, 1.54) is 54.9 Å². The van der Waals surface area contributed by atoms with Crippen LogP contribution in [0.3, 0.4) is 0 Å². The predicted octanol–water partition coefficient (Wildman–Crippen LogP) is 4.50. The minimum Gasteiger partial charge on any atom is -0.390 e. The van der Waals surface area contributed by atoms with E-state index in [1.54, 1.807) is 0 Å². The number of carbonyl (C=O) groups is 1. The van der Waals surface area contributed by atoms with Crippen LogP contribution in [0.5, 0.6) is 0 Å². The molecule has 3 aromatic heterocycles. The number of aliphatic imine (C=N–C) groups is 1. The average molecular weight is 479 g/mol. The van der Waals surface area contributed by atoms with E-state index in [9.17, 15) is 4.79 Å². The van der Waals surface area contributed by atoms with Crippen molar-refractivity contribution in [3.05, 3.63) is 33.3 Å². The lowest BCUT2D eigenvalue weighted by Crippen LogP contribution is -2.39. The Morgan fingerprint density at radius 3 is 2.74 bits per heavy atom. The highest BCUT2D eigenvalue weighted by Gasteiger charge is 2.29. The molecule has 0 bridgehead atoms. The summed E-state index contributed by atoms with van der Waals surface area (Å²) in [5, 5.41) is 1.39. The van der Waals surface area contributed by atoms with Crippen LogP contribution < -0.4 is 11.5 Å². The normalized spacial score (nSPS) is 17.4. The molecule has 1 aliphatic heterocycles. The lowest BCUT2D eigenvalue weighted by molar-refractivity contribution is -0.119. The topological polar surface area (TPSA) is 113 Å². The monoisotopic (exact) mass is 478 g/mol. The van der Waals surface area contributed by atoms with Gasteiger partial charge >= 0.3 is 0 Å². The fourth-order valence-corrected chi connectivity index (χ4v) is 7.36. The number of nitrogens with zero attached hydrogens (tertiary/aromatic N) is 3. The Bertz CT molecular complexity index is 1260. The second-order valence-electron chi connectivity index (χ2n) is 9.96. The van der Waals surface area contributed by atoms with Gasteiger partial charge in [0.1, 0.15) is 4.83 Å². The minimum absolute atomic E-state index is 0.239. The van der Waals surface area contributed by atoms with Gasteiger partial charge in [-0.15, -0.1) is 11.3 Å². The van der Waals surface area contributed by atoms with E-state index in [1.807, 2.05) is 17.5 Å². The number of nitrogens with one attached hydrogen (secondary N) is 1. The lowest BCUT2D eigenvalue weighted by Gasteiger charge is -2.31. The van der Waals surface area contributed by atoms with Crippen LogP contribution in [0, 0.1) is 6.92 Å². The van der Waals surface area contributed by atoms with Crippen molar-refractivity contribution >= 4 is 39.6 Å². The van der Waals surface area contributed by atoms with E-state index in [2.05, 4.69) is 40.6 Å². The number of primary amides is 1. The second kappa shape index (κ2) is 9.15. The summed E-state index contributed by atoms with van der Waals surface area (Å²) in [5.74, 6) is 1.45. The molecular weight excluding hydrogens is 444 g/mol. The Kier molecular flexibility index (Phi) is 6.20. The molecule has 0 aromatic carbocycles. The summed E-state index contributed by atoms with van der Waals surface area (Å²) in [6.45, 7) is 9.08. The predicted molar refractivity (Wildman–Crippen MR) is 140 cm³/mol. The van der Waals surface area contributed by atoms with E-state index >= 15 is 0 Å². The van der Waals surface area contributed by atoms with E-state index in [-0.39, 0.29) is 5.91 Å². The number of aromatic nitrogens is 2. The van der Waals surface area contributed by atoms with Gasteiger partial charge in [-0.1, -0.05) is 13.8 Å². The third kappa shape index (κ3) is 3.92. The molecule has 3 aromatic rings. The third-order valence-corrected chi connectivity index (χ3v) is 8.84. The minimum atomic E-state index is -0.239. The number of amides is 1. The number of fused-ring (bicyclic) bond motifs is 2. The van der Waals surface area contributed by atoms with E-state index < -0.39 is 0 Å². The molecule has 2 aliphatic rings. The summed E-state index contributed by atoms with van der Waals surface area (Å²) in [6, 6.07) is 0. The first-order chi connectivity index (χ1) is 16.4. The molecule has 1 fully saturated rings. The van der Waals surface area contributed by atoms with Gasteiger partial charge in [-0.3, -0.25) is 9.69 Å². The molecule has 1 aliphatic carbocycles. The van der Waals surface area contributed by atoms with E-state index in [0.29, 0.717) is 18.4 Å². The number of H-pyrrole nitrogens is 1. The first-order valence-electron chi connectivity index (χ1n) is 12.3. The van der Waals surface area contributed by atoms with Gasteiger partial charge in [0.15, 0.2) is 5.82 Å². The maximum Gasteiger partial charge on any atom is 0.231 e. The molecule has 7 nitrogen and oxygen atoms in total. The Morgan fingerprint density at radius 2 is 2.06 bits per heavy atom. The zero-order valence-electron chi connectivity index (χ0n) is 20.3. The molecule has 8 heteroatoms. The number of aromatic amines is 1. The number of carbonyl (C=O) groups excluding carboxylic acids is 1. The number of thiophene rings is 1. The summed E-state index contributed by atoms with van der Waals surface area (Å²) in [4.78, 5) is 29.0. The van der Waals surface area contributed by atoms with Crippen molar-refractivity contribution in [2.24, 2.45) is 16.5 Å². The molecule has 180 valence electrons. The van der Waals surface area contributed by atoms with E-state index in [0.717, 1.165) is 51.0 Å². The van der Waals surface area contributed by atoms with Crippen LogP contribution in [0.15, 0.2) is 11.2 Å². The van der Waals surface area contributed by atoms with Crippen LogP contribution in [0.2, 0.25) is 0 Å². The van der Waals surface area contributed by atoms with Gasteiger partial charge in [0, 0.05) is 27.6 Å². The summed E-state index contributed by atoms with van der Waals surface area (Å²) < 4.78 is 0. The van der Waals surface area contributed by atoms with Crippen molar-refractivity contribution in [2.45, 2.75) is 64.7 Å². The lowest BCUT2D eigenvalue weighted by atomic mass is 9.90. The first kappa shape index (κ1) is 23.1. The van der Waals surface area contributed by atoms with E-state index in [4.69, 9.17) is 11.5 Å². The fraction of sp³-hybridized carbons (Fsp3) is 0.500. The Balaban J connectivity index is 1.54. The largest absolute Gasteiger partial charge is 0.390 e. The van der Waals surface area contributed by atoms with Crippen LogP contribution in [0.1, 0.15) is 72.1 Å². The number of pyridine rings is 1. The fourth-order valence-electron chi connectivity index (χ4n) is 5.97. The van der Waals surface area contributed by atoms with Gasteiger partial charge < -0.3 is 16.5 Å². The SMILES string of the molecule is Cc1c(C2CCN(CC(N)=O)CC2)sc2[nH]c(-c3cnc(N=CN)c4c3CCC4)c(C(C)C)c12. The number of aryl methyl sites for hydroxylation is 1. The van der Waals surface area contributed by atoms with Crippen LogP contribution in [-0.4, -0.2) is 46.7 Å². The number of nitrogens with two attached hydrogens (primary N) is 2. The van der Waals surface area contributed by atoms with Crippen LogP contribution in [0.25, 0.3) is 21.5 Å². The maximum absolute atomic E-state index is 11.3. The van der Waals surface area contributed by atoms with Gasteiger partial charge in [-0.25, -0.2) is 9.98 Å². The molecule has 5 rings (SSSR count). The third-order valence-electron chi connectivity index (χ3n) is 7.47. The van der Waals surface area contributed by atoms with Crippen molar-refractivity contribution in [2.75, 3.05) is 19.6 Å². The average Bonchev–Trinajstić information content (AvgIpc) is 3.50. The Morgan fingerprint density at radius 1 is 1.32 bits per heavy atom. The number of rotatable bonds is 6. The van der Waals surface area contributed by atoms with Crippen molar-refractivity contribution in [1.29, 1.82) is 0 Å². The number of piperidine rings is 1. The smallest absolute Gasteiger partial charge is 0.231 e. The highest BCUT2D eigenvalue weighted by molar-refractivity contribution is 7.19. The van der Waals surface area contributed by atoms with Crippen LogP contribution >= 0.6 is 11.3 Å². The van der Waals surface area contributed by atoms with Crippen molar-refractivity contribution < 1.29 is 4.79 Å². The second-order valence-corrected chi connectivity index (χ2v) is 11.0. The summed E-state index contributed by atoms with van der Waals surface area (Å²) in [7, 11) is 0. The maximum atomic E-state index is 11.3. The quantitative estimate of drug-likeness (QED) is 0.358. The molecule has 4 heterocycles. The Labute approximate surface area is 204 Å². The van der Waals surface area contributed by atoms with Gasteiger partial charge in [0.2, 0.25) is 5.91 Å². The standard InChI is InChI=1S/C26H34N6OS/c1-14(2)21-22-15(3)24(16-7-9-32(10-8-16)12-20(28)33)34-26(22)31-23(21)19-11-29-25(30-13-27)18-6-4-5-17(18)19/h11,13-14,16,31H,4-10,12H2,1-3H3,(H2,28,33)(H2,27,29,30). The molecule has 0 spiro atoms. The molecule has 34 heavy (non-hydrogen) atoms. The zero-order valence-corrected chi connectivity index (χ0v) is 21.1. The number of hydrogen-bond acceptors (Lipinski definition) is 5. The molecular formula is C26H34N6OS. The summed E-state index contributed by atoms with van der Waals surface area (Å²) in [6.07, 6.45) is 8.66. The van der Waals surface area contributed by atoms with Crippen molar-refractivity contribution in [3.8, 4) is 11.3 Å². The van der Waals surface area contributed by atoms with Gasteiger partial charge in [0.05, 0.1) is 18.6 Å². The number of hydrogen-bond donors (Lipinski definition) is 3. The molecule has 0 saturated carbocycles. The van der Waals surface area contributed by atoms with Gasteiger partial charge in [-0.05, 0) is 80.6 Å². The van der Waals surface area contributed by atoms with Gasteiger partial charge in [0.25, 0.3) is 0 Å². The van der Waals surface area contributed by atoms with Crippen molar-refractivity contribution in [1.82, 2.24) is 14.9 Å². The molecule has 5 N–H and O–H groups in total. The van der Waals surface area contributed by atoms with Gasteiger partial charge in [-0.2, -0.15) is 0 Å². The van der Waals surface area contributed by atoms with Crippen LogP contribution in [0.4, 0.5) is 5.82 Å². The molecule has 1 saturated heterocycles. The highest BCUT2D eigenvalue weighted by atomic mass is 32.1. The number of likely N-dealkylation sites (tertiary alicyclic amines) is 1. The molecule has 1 amide bonds. The zero-order chi connectivity index (χ0) is 24.0.